The Bertz CT molecular complexity index is 481. The molecule has 0 aliphatic heterocycles. The molecule has 0 bridgehead atoms. The number of hydrogen-bond acceptors (Lipinski definition) is 2. The van der Waals surface area contributed by atoms with Gasteiger partial charge in [0.1, 0.15) is 0 Å². The van der Waals surface area contributed by atoms with Gasteiger partial charge in [-0.15, -0.1) is 0 Å². The molecule has 20 heavy (non-hydrogen) atoms. The Hall–Kier alpha value is -1.64. The lowest BCUT2D eigenvalue weighted by molar-refractivity contribution is 0.421. The SMILES string of the molecule is C[C@H](CNCc1ccccc1)C(N)Cc1ccccc1. The van der Waals surface area contributed by atoms with E-state index in [-0.39, 0.29) is 6.04 Å². The van der Waals surface area contributed by atoms with Crippen LogP contribution in [0.25, 0.3) is 0 Å². The minimum absolute atomic E-state index is 0.195. The van der Waals surface area contributed by atoms with Gasteiger partial charge in [-0.25, -0.2) is 0 Å². The fraction of sp³-hybridized carbons (Fsp3) is 0.333. The average molecular weight is 268 g/mol. The molecule has 0 radical (unpaired) electrons. The molecule has 2 aromatic carbocycles. The van der Waals surface area contributed by atoms with Gasteiger partial charge in [0.2, 0.25) is 0 Å². The van der Waals surface area contributed by atoms with Crippen LogP contribution in [0, 0.1) is 5.92 Å². The van der Waals surface area contributed by atoms with E-state index >= 15 is 0 Å². The largest absolute Gasteiger partial charge is 0.327 e. The third kappa shape index (κ3) is 4.80. The third-order valence-electron chi connectivity index (χ3n) is 3.68. The van der Waals surface area contributed by atoms with Crippen molar-refractivity contribution >= 4 is 0 Å². The van der Waals surface area contributed by atoms with Crippen molar-refractivity contribution in [1.82, 2.24) is 5.32 Å². The first-order valence-corrected chi connectivity index (χ1v) is 7.30. The van der Waals surface area contributed by atoms with Gasteiger partial charge in [0.05, 0.1) is 0 Å². The van der Waals surface area contributed by atoms with Crippen molar-refractivity contribution in [2.45, 2.75) is 25.9 Å². The molecule has 106 valence electrons. The molecule has 2 aromatic rings. The molecule has 0 saturated heterocycles. The van der Waals surface area contributed by atoms with Crippen LogP contribution in [0.3, 0.4) is 0 Å². The second kappa shape index (κ2) is 7.83. The van der Waals surface area contributed by atoms with E-state index < -0.39 is 0 Å². The lowest BCUT2D eigenvalue weighted by atomic mass is 9.95. The minimum Gasteiger partial charge on any atom is -0.327 e. The number of benzene rings is 2. The molecule has 0 amide bonds. The van der Waals surface area contributed by atoms with E-state index in [0.717, 1.165) is 19.5 Å². The fourth-order valence-corrected chi connectivity index (χ4v) is 2.28. The van der Waals surface area contributed by atoms with E-state index in [1.165, 1.54) is 11.1 Å². The molecule has 1 unspecified atom stereocenters. The lowest BCUT2D eigenvalue weighted by Gasteiger charge is -2.20. The molecule has 0 saturated carbocycles. The van der Waals surface area contributed by atoms with Crippen molar-refractivity contribution < 1.29 is 0 Å². The van der Waals surface area contributed by atoms with Crippen molar-refractivity contribution in [3.8, 4) is 0 Å². The topological polar surface area (TPSA) is 38.0 Å². The highest BCUT2D eigenvalue weighted by Gasteiger charge is 2.12. The van der Waals surface area contributed by atoms with Crippen LogP contribution in [0.1, 0.15) is 18.1 Å². The van der Waals surface area contributed by atoms with E-state index in [1.807, 2.05) is 12.1 Å². The molecular formula is C18H24N2. The molecule has 0 spiro atoms. The van der Waals surface area contributed by atoms with Gasteiger partial charge in [-0.1, -0.05) is 67.6 Å². The summed E-state index contributed by atoms with van der Waals surface area (Å²) in [5.41, 5.74) is 8.92. The smallest absolute Gasteiger partial charge is 0.0205 e. The molecule has 2 heteroatoms. The monoisotopic (exact) mass is 268 g/mol. The zero-order valence-electron chi connectivity index (χ0n) is 12.1. The maximum atomic E-state index is 6.29. The molecule has 0 aliphatic rings. The van der Waals surface area contributed by atoms with E-state index in [4.69, 9.17) is 5.73 Å². The second-order valence-corrected chi connectivity index (χ2v) is 5.45. The summed E-state index contributed by atoms with van der Waals surface area (Å²) in [5, 5.41) is 3.49. The molecule has 2 atom stereocenters. The first-order valence-electron chi connectivity index (χ1n) is 7.30. The molecule has 3 N–H and O–H groups in total. The van der Waals surface area contributed by atoms with Gasteiger partial charge in [0.25, 0.3) is 0 Å². The van der Waals surface area contributed by atoms with Gasteiger partial charge in [-0.3, -0.25) is 0 Å². The van der Waals surface area contributed by atoms with Crippen molar-refractivity contribution in [2.75, 3.05) is 6.54 Å². The first-order chi connectivity index (χ1) is 9.75. The van der Waals surface area contributed by atoms with Crippen LogP contribution in [0.4, 0.5) is 0 Å². The summed E-state index contributed by atoms with van der Waals surface area (Å²) in [4.78, 5) is 0. The maximum absolute atomic E-state index is 6.29. The van der Waals surface area contributed by atoms with E-state index in [2.05, 4.69) is 60.8 Å². The molecule has 2 nitrogen and oxygen atoms in total. The number of hydrogen-bond donors (Lipinski definition) is 2. The Morgan fingerprint density at radius 3 is 2.05 bits per heavy atom. The summed E-state index contributed by atoms with van der Waals surface area (Å²) < 4.78 is 0. The summed E-state index contributed by atoms with van der Waals surface area (Å²) >= 11 is 0. The van der Waals surface area contributed by atoms with Gasteiger partial charge in [0, 0.05) is 12.6 Å². The second-order valence-electron chi connectivity index (χ2n) is 5.45. The summed E-state index contributed by atoms with van der Waals surface area (Å²) in [5.74, 6) is 0.457. The highest BCUT2D eigenvalue weighted by Crippen LogP contribution is 2.08. The zero-order valence-corrected chi connectivity index (χ0v) is 12.1. The Labute approximate surface area is 122 Å². The third-order valence-corrected chi connectivity index (χ3v) is 3.68. The normalized spacial score (nSPS) is 13.9. The summed E-state index contributed by atoms with van der Waals surface area (Å²) in [6.07, 6.45) is 0.940. The van der Waals surface area contributed by atoms with Crippen molar-refractivity contribution in [3.63, 3.8) is 0 Å². The summed E-state index contributed by atoms with van der Waals surface area (Å²) in [6.45, 7) is 4.07. The van der Waals surface area contributed by atoms with Crippen molar-refractivity contribution in [2.24, 2.45) is 11.7 Å². The minimum atomic E-state index is 0.195. The van der Waals surface area contributed by atoms with Gasteiger partial charge in [-0.05, 0) is 30.0 Å². The van der Waals surface area contributed by atoms with Crippen LogP contribution in [0.2, 0.25) is 0 Å². The van der Waals surface area contributed by atoms with E-state index in [1.54, 1.807) is 0 Å². The Morgan fingerprint density at radius 2 is 1.45 bits per heavy atom. The van der Waals surface area contributed by atoms with Crippen LogP contribution in [0.15, 0.2) is 60.7 Å². The summed E-state index contributed by atoms with van der Waals surface area (Å²) in [6, 6.07) is 21.1. The highest BCUT2D eigenvalue weighted by atomic mass is 14.9. The Morgan fingerprint density at radius 1 is 0.900 bits per heavy atom. The fourth-order valence-electron chi connectivity index (χ4n) is 2.28. The first kappa shape index (κ1) is 14.8. The molecule has 0 heterocycles. The maximum Gasteiger partial charge on any atom is 0.0205 e. The predicted molar refractivity (Wildman–Crippen MR) is 85.4 cm³/mol. The standard InChI is InChI=1S/C18H24N2/c1-15(13-20-14-17-10-6-3-7-11-17)18(19)12-16-8-4-2-5-9-16/h2-11,15,18,20H,12-14,19H2,1H3/t15-,18?/m1/s1. The average Bonchev–Trinajstić information content (AvgIpc) is 2.49. The molecule has 0 aliphatic carbocycles. The lowest BCUT2D eigenvalue weighted by Crippen LogP contribution is -2.36. The number of rotatable bonds is 7. The quantitative estimate of drug-likeness (QED) is 0.810. The highest BCUT2D eigenvalue weighted by molar-refractivity contribution is 5.16. The molecule has 2 rings (SSSR count). The van der Waals surface area contributed by atoms with Gasteiger partial charge < -0.3 is 11.1 Å². The van der Waals surface area contributed by atoms with Gasteiger partial charge in [0.15, 0.2) is 0 Å². The van der Waals surface area contributed by atoms with Crippen molar-refractivity contribution in [1.29, 1.82) is 0 Å². The number of nitrogens with two attached hydrogens (primary N) is 1. The Balaban J connectivity index is 1.73. The predicted octanol–water partition coefficient (Wildman–Crippen LogP) is 2.98. The van der Waals surface area contributed by atoms with Crippen molar-refractivity contribution in [3.05, 3.63) is 71.8 Å². The van der Waals surface area contributed by atoms with Crippen LogP contribution in [-0.2, 0) is 13.0 Å². The van der Waals surface area contributed by atoms with Crippen LogP contribution in [-0.4, -0.2) is 12.6 Å². The van der Waals surface area contributed by atoms with Gasteiger partial charge in [-0.2, -0.15) is 0 Å². The number of nitrogens with one attached hydrogen (secondary N) is 1. The zero-order chi connectivity index (χ0) is 14.2. The molecular weight excluding hydrogens is 244 g/mol. The molecule has 0 aromatic heterocycles. The van der Waals surface area contributed by atoms with Gasteiger partial charge >= 0.3 is 0 Å². The van der Waals surface area contributed by atoms with Crippen LogP contribution < -0.4 is 11.1 Å². The van der Waals surface area contributed by atoms with E-state index in [9.17, 15) is 0 Å². The summed E-state index contributed by atoms with van der Waals surface area (Å²) in [7, 11) is 0. The van der Waals surface area contributed by atoms with Crippen LogP contribution >= 0.6 is 0 Å². The van der Waals surface area contributed by atoms with E-state index in [0.29, 0.717) is 5.92 Å². The van der Waals surface area contributed by atoms with Crippen LogP contribution in [0.5, 0.6) is 0 Å². The Kier molecular flexibility index (Phi) is 5.78. The molecule has 0 fully saturated rings.